The molecule has 4 N–H and O–H groups in total. The number of hydrogen-bond acceptors (Lipinski definition) is 17. The summed E-state index contributed by atoms with van der Waals surface area (Å²) in [6.45, 7) is 13.6. The third-order valence-corrected chi connectivity index (χ3v) is 12.5. The Morgan fingerprint density at radius 1 is 0.857 bits per heavy atom. The van der Waals surface area contributed by atoms with Gasteiger partial charge in [-0.15, -0.1) is 0 Å². The second-order valence-electron chi connectivity index (χ2n) is 19.0. The van der Waals surface area contributed by atoms with Crippen molar-refractivity contribution >= 4 is 29.8 Å². The number of carbonyl (C=O) groups excluding carboxylic acids is 5. The number of esters is 5. The van der Waals surface area contributed by atoms with Crippen LogP contribution in [0, 0.1) is 16.7 Å². The van der Waals surface area contributed by atoms with E-state index < -0.39 is 114 Å². The minimum absolute atomic E-state index is 0.00780. The molecule has 63 heavy (non-hydrogen) atoms. The van der Waals surface area contributed by atoms with Gasteiger partial charge in [0.1, 0.15) is 12.2 Å². The molecular weight excluding hydrogens is 824 g/mol. The molecule has 0 aromatic carbocycles. The average molecular weight is 895 g/mol. The minimum atomic E-state index is -2.41. The molecule has 11 atom stereocenters. The summed E-state index contributed by atoms with van der Waals surface area (Å²) in [4.78, 5) is 65.1. The summed E-state index contributed by atoms with van der Waals surface area (Å²) in [5.41, 5.74) is -1.97. The van der Waals surface area contributed by atoms with Crippen LogP contribution in [0.1, 0.15) is 126 Å². The summed E-state index contributed by atoms with van der Waals surface area (Å²) in [5.74, 6) is -7.91. The Balaban J connectivity index is 1.88. The van der Waals surface area contributed by atoms with E-state index in [1.807, 2.05) is 13.8 Å². The second-order valence-corrected chi connectivity index (χ2v) is 19.0. The number of carbonyl (C=O) groups is 5. The van der Waals surface area contributed by atoms with Crippen LogP contribution in [0.15, 0.2) is 35.5 Å². The van der Waals surface area contributed by atoms with Crippen LogP contribution in [-0.4, -0.2) is 131 Å². The zero-order valence-corrected chi connectivity index (χ0v) is 38.5. The second kappa shape index (κ2) is 21.5. The molecule has 0 saturated carbocycles. The Bertz CT molecular complexity index is 1730. The van der Waals surface area contributed by atoms with Crippen LogP contribution >= 0.6 is 0 Å². The third kappa shape index (κ3) is 13.2. The van der Waals surface area contributed by atoms with Crippen molar-refractivity contribution in [2.75, 3.05) is 14.2 Å². The number of methoxy groups -OCH3 is 2. The molecule has 4 heterocycles. The van der Waals surface area contributed by atoms with E-state index in [2.05, 4.69) is 0 Å². The maximum atomic E-state index is 13.5. The summed E-state index contributed by atoms with van der Waals surface area (Å²) in [7, 11) is 2.42. The lowest BCUT2D eigenvalue weighted by Gasteiger charge is -2.54. The number of hydrogen-bond donors (Lipinski definition) is 4. The molecule has 0 unspecified atom stereocenters. The van der Waals surface area contributed by atoms with Crippen LogP contribution in [0.5, 0.6) is 0 Å². The molecule has 4 aliphatic heterocycles. The van der Waals surface area contributed by atoms with Gasteiger partial charge in [0, 0.05) is 56.1 Å². The summed E-state index contributed by atoms with van der Waals surface area (Å²) in [6, 6.07) is 0. The molecule has 4 rings (SSSR count). The molecule has 17 nitrogen and oxygen atoms in total. The highest BCUT2D eigenvalue weighted by atomic mass is 16.7. The lowest BCUT2D eigenvalue weighted by molar-refractivity contribution is -0.349. The minimum Gasteiger partial charge on any atom is -0.466 e. The van der Waals surface area contributed by atoms with Gasteiger partial charge in [0.2, 0.25) is 5.79 Å². The molecule has 17 heteroatoms. The molecular formula is C46H70O17. The van der Waals surface area contributed by atoms with Gasteiger partial charge in [0.15, 0.2) is 11.9 Å². The van der Waals surface area contributed by atoms with Gasteiger partial charge in [-0.1, -0.05) is 66.2 Å². The van der Waals surface area contributed by atoms with E-state index in [1.165, 1.54) is 27.2 Å². The third-order valence-electron chi connectivity index (χ3n) is 12.5. The Kier molecular flexibility index (Phi) is 17.7. The van der Waals surface area contributed by atoms with Crippen molar-refractivity contribution in [2.24, 2.45) is 16.7 Å². The van der Waals surface area contributed by atoms with E-state index in [1.54, 1.807) is 46.8 Å². The topological polar surface area (TPSA) is 240 Å². The maximum Gasteiger partial charge on any atom is 0.330 e. The molecule has 0 radical (unpaired) electrons. The fourth-order valence-corrected chi connectivity index (χ4v) is 8.68. The fourth-order valence-electron chi connectivity index (χ4n) is 8.68. The van der Waals surface area contributed by atoms with Crippen LogP contribution in [0.3, 0.4) is 0 Å². The molecule has 6 bridgehead atoms. The van der Waals surface area contributed by atoms with Crippen molar-refractivity contribution in [3.8, 4) is 0 Å². The van der Waals surface area contributed by atoms with E-state index in [4.69, 9.17) is 37.9 Å². The fraction of sp³-hybridized carbons (Fsp3) is 0.761. The van der Waals surface area contributed by atoms with Gasteiger partial charge >= 0.3 is 29.8 Å². The van der Waals surface area contributed by atoms with Gasteiger partial charge < -0.3 is 58.3 Å². The first-order valence-electron chi connectivity index (χ1n) is 22.0. The van der Waals surface area contributed by atoms with Gasteiger partial charge in [-0.3, -0.25) is 14.4 Å². The van der Waals surface area contributed by atoms with Gasteiger partial charge in [0.05, 0.1) is 62.7 Å². The first kappa shape index (κ1) is 51.9. The summed E-state index contributed by atoms with van der Waals surface area (Å²) < 4.78 is 47.0. The molecule has 356 valence electrons. The zero-order valence-electron chi connectivity index (χ0n) is 38.5. The lowest BCUT2D eigenvalue weighted by Crippen LogP contribution is -2.62. The standard InChI is InChI=1S/C46H70O17/c1-11-12-37(49)61-42-29(20-39(51)57-10)19-32-23-35(27(4)47)59-41(53)22-30(48)21-33-24-36(60-40(52)15-26(2)3)44(7,8)45(54,62-33)25-34-17-28(18-38(50)56-9)16-31(58-34)13-14-43(5,6)46(42,55)63-32/h13-14,18,20,26-27,30-36,42,47-48,54-55H,11-12,15-17,19,21-25H2,1-10H3/b14-13+,28-18-,29-20+/t27-,30-,31+,32+,33-,34+,35-,36+,42+,45+,46-/m1/s1. The highest BCUT2D eigenvalue weighted by Crippen LogP contribution is 2.50. The van der Waals surface area contributed by atoms with Crippen molar-refractivity contribution in [1.29, 1.82) is 0 Å². The number of aliphatic hydroxyl groups is 4. The molecule has 0 spiro atoms. The monoisotopic (exact) mass is 894 g/mol. The lowest BCUT2D eigenvalue weighted by atomic mass is 9.70. The van der Waals surface area contributed by atoms with Crippen LogP contribution < -0.4 is 0 Å². The highest BCUT2D eigenvalue weighted by molar-refractivity contribution is 5.83. The van der Waals surface area contributed by atoms with Crippen molar-refractivity contribution in [3.05, 3.63) is 35.5 Å². The predicted molar refractivity (Wildman–Crippen MR) is 224 cm³/mol. The van der Waals surface area contributed by atoms with E-state index in [0.29, 0.717) is 12.0 Å². The Labute approximate surface area is 370 Å². The van der Waals surface area contributed by atoms with Gasteiger partial charge in [-0.05, 0) is 44.1 Å². The van der Waals surface area contributed by atoms with Gasteiger partial charge in [-0.2, -0.15) is 0 Å². The van der Waals surface area contributed by atoms with Crippen LogP contribution in [0.25, 0.3) is 0 Å². The van der Waals surface area contributed by atoms with Crippen LogP contribution in [0.2, 0.25) is 0 Å². The molecule has 0 aliphatic carbocycles. The van der Waals surface area contributed by atoms with Crippen molar-refractivity contribution in [1.82, 2.24) is 0 Å². The zero-order chi connectivity index (χ0) is 47.1. The summed E-state index contributed by atoms with van der Waals surface area (Å²) >= 11 is 0. The van der Waals surface area contributed by atoms with E-state index in [-0.39, 0.29) is 69.3 Å². The molecule has 0 aromatic rings. The SMILES string of the molecule is CCCC(=O)O[C@H]1/C(=C/C(=O)OC)C[C@H]2C[C@H]([C@@H](C)O)OC(=O)C[C@H](O)C[C@@H]3C[C@H](OC(=O)CC(C)C)C(C)(C)[C@](O)(C[C@@H]4C/C(=C\C(=O)OC)C[C@H](/C=C/C(C)(C)[C@]1(O)O2)O4)O3. The van der Waals surface area contributed by atoms with Crippen molar-refractivity contribution in [2.45, 2.75) is 193 Å². The quantitative estimate of drug-likeness (QED) is 0.110. The molecule has 3 saturated heterocycles. The number of rotatable bonds is 9. The summed E-state index contributed by atoms with van der Waals surface area (Å²) in [6.07, 6.45) is -4.43. The Morgan fingerprint density at radius 2 is 1.52 bits per heavy atom. The Hall–Kier alpha value is -3.71. The molecule has 3 fully saturated rings. The predicted octanol–water partition coefficient (Wildman–Crippen LogP) is 4.19. The smallest absolute Gasteiger partial charge is 0.330 e. The average Bonchev–Trinajstić information content (AvgIpc) is 3.16. The van der Waals surface area contributed by atoms with Gasteiger partial charge in [-0.25, -0.2) is 9.59 Å². The number of fused-ring (bicyclic) bond motifs is 6. The Morgan fingerprint density at radius 3 is 2.14 bits per heavy atom. The van der Waals surface area contributed by atoms with Crippen molar-refractivity contribution < 1.29 is 82.3 Å². The number of ether oxygens (including phenoxy) is 8. The normalized spacial score (nSPS) is 36.0. The highest BCUT2D eigenvalue weighted by Gasteiger charge is 2.59. The first-order valence-corrected chi connectivity index (χ1v) is 22.0. The summed E-state index contributed by atoms with van der Waals surface area (Å²) in [5, 5.41) is 47.7. The molecule has 0 amide bonds. The molecule has 4 aliphatic rings. The molecule has 0 aromatic heterocycles. The van der Waals surface area contributed by atoms with Crippen LogP contribution in [-0.2, 0) is 61.9 Å². The first-order chi connectivity index (χ1) is 29.3. The van der Waals surface area contributed by atoms with E-state index >= 15 is 0 Å². The van der Waals surface area contributed by atoms with Crippen molar-refractivity contribution in [3.63, 3.8) is 0 Å². The van der Waals surface area contributed by atoms with Gasteiger partial charge in [0.25, 0.3) is 0 Å². The van der Waals surface area contributed by atoms with E-state index in [9.17, 15) is 44.4 Å². The number of cyclic esters (lactones) is 1. The van der Waals surface area contributed by atoms with E-state index in [0.717, 1.165) is 6.08 Å². The van der Waals surface area contributed by atoms with Crippen LogP contribution in [0.4, 0.5) is 0 Å². The maximum absolute atomic E-state index is 13.5. The largest absolute Gasteiger partial charge is 0.466 e. The number of aliphatic hydroxyl groups excluding tert-OH is 2.